The molecule has 0 saturated heterocycles. The number of carbonyl (C=O) groups is 2. The molecule has 0 atom stereocenters. The molecule has 6 heteroatoms. The maximum absolute atomic E-state index is 12.0. The molecule has 84 valence electrons. The molecule has 1 aliphatic rings. The Morgan fingerprint density at radius 2 is 2.12 bits per heavy atom. The first-order valence-corrected chi connectivity index (χ1v) is 4.75. The first-order chi connectivity index (χ1) is 8.16. The summed E-state index contributed by atoms with van der Waals surface area (Å²) >= 11 is 0. The predicted molar refractivity (Wildman–Crippen MR) is 61.4 cm³/mol. The van der Waals surface area contributed by atoms with Crippen molar-refractivity contribution in [3.05, 3.63) is 35.1 Å². The Morgan fingerprint density at radius 3 is 2.82 bits per heavy atom. The van der Waals surface area contributed by atoms with Crippen molar-refractivity contribution < 1.29 is 9.59 Å². The molecule has 0 bridgehead atoms. The minimum absolute atomic E-state index is 0.0599. The van der Waals surface area contributed by atoms with Crippen LogP contribution in [0.5, 0.6) is 0 Å². The third kappa shape index (κ3) is 1.69. The van der Waals surface area contributed by atoms with Crippen LogP contribution in [-0.2, 0) is 0 Å². The highest BCUT2D eigenvalue weighted by molar-refractivity contribution is 6.25. The summed E-state index contributed by atoms with van der Waals surface area (Å²) in [6.45, 7) is 4.74. The fourth-order valence-corrected chi connectivity index (χ4v) is 1.51. The molecule has 6 nitrogen and oxygen atoms in total. The van der Waals surface area contributed by atoms with E-state index in [2.05, 4.69) is 26.7 Å². The van der Waals surface area contributed by atoms with E-state index in [-0.39, 0.29) is 34.1 Å². The molecule has 17 heavy (non-hydrogen) atoms. The Hall–Kier alpha value is -2.50. The largest absolute Gasteiger partial charge is 0.287 e. The second-order valence-electron chi connectivity index (χ2n) is 3.34. The average Bonchev–Trinajstić information content (AvgIpc) is 2.36. The lowest BCUT2D eigenvalue weighted by Crippen LogP contribution is -2.21. The number of hydrogen-bond donors (Lipinski definition) is 0. The van der Waals surface area contributed by atoms with Gasteiger partial charge in [0.25, 0.3) is 0 Å². The minimum Gasteiger partial charge on any atom is -0.287 e. The summed E-state index contributed by atoms with van der Waals surface area (Å²) in [4.78, 5) is 38.7. The Bertz CT molecular complexity index is 587. The zero-order valence-electron chi connectivity index (χ0n) is 9.04. The number of rotatable bonds is 2. The summed E-state index contributed by atoms with van der Waals surface area (Å²) in [5, 5.41) is 0. The van der Waals surface area contributed by atoms with Crippen molar-refractivity contribution in [3.63, 3.8) is 0 Å². The number of nitrogens with zero attached hydrogens (tertiary/aromatic N) is 4. The standard InChI is InChI=1S/C11H8N4O2/c1-6-8(14-4-12-2)11(17)7-3-13-5-15-9(7)10(6)16/h3-5H,2H2,1H3/b14-4-. The molecule has 0 aromatic carbocycles. The van der Waals surface area contributed by atoms with Gasteiger partial charge in [0, 0.05) is 11.8 Å². The Kier molecular flexibility index (Phi) is 2.70. The van der Waals surface area contributed by atoms with Gasteiger partial charge in [0.1, 0.15) is 24.1 Å². The van der Waals surface area contributed by atoms with Gasteiger partial charge < -0.3 is 0 Å². The van der Waals surface area contributed by atoms with Gasteiger partial charge in [-0.3, -0.25) is 14.6 Å². The number of carbonyl (C=O) groups excluding carboxylic acids is 2. The maximum atomic E-state index is 12.0. The van der Waals surface area contributed by atoms with Crippen LogP contribution in [0.1, 0.15) is 27.8 Å². The highest BCUT2D eigenvalue weighted by atomic mass is 16.1. The number of Topliss-reactive ketones (excluding diaryl/α,β-unsaturated/α-hetero) is 2. The molecule has 0 amide bonds. The third-order valence-corrected chi connectivity index (χ3v) is 2.35. The second-order valence-corrected chi connectivity index (χ2v) is 3.34. The molecule has 0 unspecified atom stereocenters. The lowest BCUT2D eigenvalue weighted by atomic mass is 9.93. The fraction of sp³-hybridized carbons (Fsp3) is 0.0909. The topological polar surface area (TPSA) is 84.6 Å². The van der Waals surface area contributed by atoms with Crippen molar-refractivity contribution in [3.8, 4) is 0 Å². The van der Waals surface area contributed by atoms with E-state index in [4.69, 9.17) is 0 Å². The normalized spacial score (nSPS) is 15.4. The van der Waals surface area contributed by atoms with Crippen LogP contribution < -0.4 is 0 Å². The quantitative estimate of drug-likeness (QED) is 0.555. The van der Waals surface area contributed by atoms with Gasteiger partial charge >= 0.3 is 0 Å². The van der Waals surface area contributed by atoms with Gasteiger partial charge in [0.05, 0.1) is 5.56 Å². The molecule has 0 fully saturated rings. The molecule has 0 radical (unpaired) electrons. The highest BCUT2D eigenvalue weighted by Gasteiger charge is 2.30. The lowest BCUT2D eigenvalue weighted by Gasteiger charge is -2.13. The maximum Gasteiger partial charge on any atom is 0.215 e. The number of aliphatic imine (C=N–C) groups is 2. The number of aromatic nitrogens is 2. The van der Waals surface area contributed by atoms with Crippen LogP contribution in [0.15, 0.2) is 33.8 Å². The van der Waals surface area contributed by atoms with Crippen molar-refractivity contribution >= 4 is 24.6 Å². The summed E-state index contributed by atoms with van der Waals surface area (Å²) in [6, 6.07) is 0. The van der Waals surface area contributed by atoms with Gasteiger partial charge in [-0.1, -0.05) is 0 Å². The van der Waals surface area contributed by atoms with Crippen LogP contribution in [0.2, 0.25) is 0 Å². The van der Waals surface area contributed by atoms with Crippen molar-refractivity contribution in [1.29, 1.82) is 0 Å². The molecular formula is C11H8N4O2. The van der Waals surface area contributed by atoms with Gasteiger partial charge in [0.15, 0.2) is 0 Å². The molecule has 2 rings (SSSR count). The Balaban J connectivity index is 2.62. The van der Waals surface area contributed by atoms with Crippen molar-refractivity contribution in [2.45, 2.75) is 6.92 Å². The Morgan fingerprint density at radius 1 is 1.35 bits per heavy atom. The summed E-state index contributed by atoms with van der Waals surface area (Å²) in [5.74, 6) is -0.698. The van der Waals surface area contributed by atoms with E-state index in [1.807, 2.05) is 0 Å². The summed E-state index contributed by atoms with van der Waals surface area (Å²) in [5.41, 5.74) is 0.595. The molecule has 0 saturated carbocycles. The van der Waals surface area contributed by atoms with E-state index < -0.39 is 0 Å². The van der Waals surface area contributed by atoms with Crippen molar-refractivity contribution in [2.75, 3.05) is 0 Å². The van der Waals surface area contributed by atoms with Crippen LogP contribution in [0.25, 0.3) is 0 Å². The van der Waals surface area contributed by atoms with Crippen LogP contribution in [0, 0.1) is 0 Å². The number of fused-ring (bicyclic) bond motifs is 1. The first kappa shape index (κ1) is 11.0. The zero-order chi connectivity index (χ0) is 12.4. The minimum atomic E-state index is -0.377. The fourth-order valence-electron chi connectivity index (χ4n) is 1.51. The van der Waals surface area contributed by atoms with E-state index in [9.17, 15) is 9.59 Å². The van der Waals surface area contributed by atoms with Crippen LogP contribution >= 0.6 is 0 Å². The smallest absolute Gasteiger partial charge is 0.215 e. The average molecular weight is 228 g/mol. The van der Waals surface area contributed by atoms with E-state index >= 15 is 0 Å². The summed E-state index contributed by atoms with van der Waals surface area (Å²) < 4.78 is 0. The van der Waals surface area contributed by atoms with E-state index in [0.29, 0.717) is 0 Å². The van der Waals surface area contributed by atoms with Crippen LogP contribution in [0.3, 0.4) is 0 Å². The Labute approximate surface area is 96.8 Å². The molecule has 1 aromatic heterocycles. The molecule has 0 spiro atoms. The summed E-state index contributed by atoms with van der Waals surface area (Å²) in [7, 11) is 0. The number of allylic oxidation sites excluding steroid dienone is 2. The predicted octanol–water partition coefficient (Wildman–Crippen LogP) is 0.859. The van der Waals surface area contributed by atoms with Crippen molar-refractivity contribution in [2.24, 2.45) is 9.98 Å². The third-order valence-electron chi connectivity index (χ3n) is 2.35. The first-order valence-electron chi connectivity index (χ1n) is 4.75. The monoisotopic (exact) mass is 228 g/mol. The molecule has 0 aliphatic heterocycles. The molecule has 0 N–H and O–H groups in total. The van der Waals surface area contributed by atoms with Crippen LogP contribution in [-0.4, -0.2) is 34.6 Å². The van der Waals surface area contributed by atoms with Gasteiger partial charge in [-0.2, -0.15) is 0 Å². The molecule has 1 aliphatic carbocycles. The second kappa shape index (κ2) is 4.17. The summed E-state index contributed by atoms with van der Waals surface area (Å²) in [6.07, 6.45) is 3.67. The zero-order valence-corrected chi connectivity index (χ0v) is 9.04. The molecule has 1 heterocycles. The van der Waals surface area contributed by atoms with Gasteiger partial charge in [-0.15, -0.1) is 0 Å². The van der Waals surface area contributed by atoms with Gasteiger partial charge in [-0.25, -0.2) is 15.0 Å². The van der Waals surface area contributed by atoms with E-state index in [1.54, 1.807) is 0 Å². The van der Waals surface area contributed by atoms with Gasteiger partial charge in [0.2, 0.25) is 11.6 Å². The van der Waals surface area contributed by atoms with E-state index in [1.165, 1.54) is 19.4 Å². The van der Waals surface area contributed by atoms with Crippen LogP contribution in [0.4, 0.5) is 0 Å². The SMILES string of the molecule is C=N/C=N\C1=C(C)C(=O)c2ncncc2C1=O. The molecular weight excluding hydrogens is 220 g/mol. The van der Waals surface area contributed by atoms with Gasteiger partial charge in [-0.05, 0) is 13.6 Å². The number of hydrogen-bond acceptors (Lipinski definition) is 5. The number of ketones is 2. The highest BCUT2D eigenvalue weighted by Crippen LogP contribution is 2.24. The molecule has 1 aromatic rings. The lowest BCUT2D eigenvalue weighted by molar-refractivity contribution is 0.0969. The van der Waals surface area contributed by atoms with Crippen molar-refractivity contribution in [1.82, 2.24) is 9.97 Å². The van der Waals surface area contributed by atoms with E-state index in [0.717, 1.165) is 6.34 Å².